The number of halogens is 3. The van der Waals surface area contributed by atoms with Gasteiger partial charge in [0.2, 0.25) is 11.8 Å². The Labute approximate surface area is 274 Å². The zero-order valence-electron chi connectivity index (χ0n) is 27.4. The molecule has 250 valence electrons. The van der Waals surface area contributed by atoms with E-state index in [0.717, 1.165) is 22.4 Å². The first-order valence-electron chi connectivity index (χ1n) is 15.4. The van der Waals surface area contributed by atoms with Crippen LogP contribution in [0.15, 0.2) is 35.6 Å². The molecule has 0 radical (unpaired) electrons. The van der Waals surface area contributed by atoms with Crippen LogP contribution in [-0.2, 0) is 22.3 Å². The normalized spacial score (nSPS) is 20.6. The number of likely N-dealkylation sites (tertiary alicyclic amines) is 1. The maximum atomic E-state index is 14.0. The Hall–Kier alpha value is -5.14. The number of fused-ring (bicyclic) bond motifs is 2. The summed E-state index contributed by atoms with van der Waals surface area (Å²) >= 11 is 0. The van der Waals surface area contributed by atoms with Crippen LogP contribution in [-0.4, -0.2) is 65.6 Å². The van der Waals surface area contributed by atoms with Gasteiger partial charge in [0, 0.05) is 35.5 Å². The monoisotopic (exact) mass is 660 g/mol. The summed E-state index contributed by atoms with van der Waals surface area (Å²) in [5.74, 6) is -0.835. The van der Waals surface area contributed by atoms with E-state index in [9.17, 15) is 27.6 Å². The molecule has 0 bridgehead atoms. The van der Waals surface area contributed by atoms with Crippen LogP contribution in [0.25, 0.3) is 22.7 Å². The molecular weight excluding hydrogens is 625 g/mol. The molecule has 1 aromatic carbocycles. The number of rotatable bonds is 8. The molecule has 1 saturated heterocycles. The lowest BCUT2D eigenvalue weighted by Crippen LogP contribution is -2.46. The highest BCUT2D eigenvalue weighted by Gasteiger charge is 2.64. The highest BCUT2D eigenvalue weighted by Crippen LogP contribution is 2.59. The molecule has 0 spiro atoms. The van der Waals surface area contributed by atoms with Crippen molar-refractivity contribution in [3.05, 3.63) is 64.4 Å². The number of carbonyl (C=O) groups is 3. The predicted molar refractivity (Wildman–Crippen MR) is 175 cm³/mol. The minimum Gasteiger partial charge on any atom is -0.337 e. The second kappa shape index (κ2) is 11.5. The molecule has 2 aliphatic rings. The average Bonchev–Trinajstić information content (AvgIpc) is 3.26. The molecular formula is C34H35F3N8O3. The van der Waals surface area contributed by atoms with Gasteiger partial charge < -0.3 is 14.8 Å². The van der Waals surface area contributed by atoms with E-state index in [2.05, 4.69) is 32.1 Å². The van der Waals surface area contributed by atoms with Crippen molar-refractivity contribution < 1.29 is 27.6 Å². The molecule has 11 nitrogen and oxygen atoms in total. The quantitative estimate of drug-likeness (QED) is 0.179. The second-order valence-electron chi connectivity index (χ2n) is 13.0. The van der Waals surface area contributed by atoms with Crippen molar-refractivity contribution in [2.45, 2.75) is 79.2 Å². The Morgan fingerprint density at radius 1 is 1.15 bits per heavy atom. The molecule has 48 heavy (non-hydrogen) atoms. The Morgan fingerprint density at radius 3 is 2.54 bits per heavy atom. The minimum atomic E-state index is -4.73. The maximum Gasteiger partial charge on any atom is 0.434 e. The second-order valence-corrected chi connectivity index (χ2v) is 13.0. The lowest BCUT2D eigenvalue weighted by molar-refractivity contribution is -0.141. The smallest absolute Gasteiger partial charge is 0.337 e. The first-order valence-corrected chi connectivity index (χ1v) is 15.4. The first kappa shape index (κ1) is 32.8. The van der Waals surface area contributed by atoms with Crippen LogP contribution >= 0.6 is 0 Å². The van der Waals surface area contributed by atoms with E-state index in [-0.39, 0.29) is 41.2 Å². The summed E-state index contributed by atoms with van der Waals surface area (Å²) in [6.07, 6.45) is 0.450. The van der Waals surface area contributed by atoms with Gasteiger partial charge in [-0.2, -0.15) is 18.3 Å². The van der Waals surface area contributed by atoms with Crippen LogP contribution < -0.4 is 5.32 Å². The number of hydrogen-bond acceptors (Lipinski definition) is 7. The molecule has 2 amide bonds. The lowest BCUT2D eigenvalue weighted by Gasteiger charge is -2.27. The third kappa shape index (κ3) is 5.79. The van der Waals surface area contributed by atoms with E-state index in [4.69, 9.17) is 0 Å². The number of nitrogens with zero attached hydrogens (tertiary/aromatic N) is 7. The maximum absolute atomic E-state index is 14.0. The van der Waals surface area contributed by atoms with E-state index in [0.29, 0.717) is 41.3 Å². The van der Waals surface area contributed by atoms with Gasteiger partial charge >= 0.3 is 6.18 Å². The third-order valence-electron chi connectivity index (χ3n) is 9.33. The number of aromatic nitrogens is 5. The van der Waals surface area contributed by atoms with Gasteiger partial charge in [-0.1, -0.05) is 6.92 Å². The van der Waals surface area contributed by atoms with Gasteiger partial charge in [-0.25, -0.2) is 14.7 Å². The zero-order valence-corrected chi connectivity index (χ0v) is 27.4. The van der Waals surface area contributed by atoms with Gasteiger partial charge in [0.25, 0.3) is 0 Å². The number of Topliss-reactive ketones (excluding diaryl/α,β-unsaturated/α-hetero) is 1. The number of aryl methyl sites for hydroxylation is 3. The number of ketones is 1. The van der Waals surface area contributed by atoms with Crippen molar-refractivity contribution in [3.8, 4) is 0 Å². The number of anilines is 1. The molecule has 1 unspecified atom stereocenters. The summed E-state index contributed by atoms with van der Waals surface area (Å²) in [4.78, 5) is 53.2. The zero-order chi connectivity index (χ0) is 34.9. The Balaban J connectivity index is 1.30. The van der Waals surface area contributed by atoms with Crippen molar-refractivity contribution in [1.82, 2.24) is 29.2 Å². The van der Waals surface area contributed by atoms with Crippen LogP contribution in [0.3, 0.4) is 0 Å². The number of benzene rings is 1. The molecule has 1 N–H and O–H groups in total. The van der Waals surface area contributed by atoms with Crippen molar-refractivity contribution in [1.29, 1.82) is 0 Å². The molecule has 14 heteroatoms. The number of hydrogen-bond donors (Lipinski definition) is 1. The molecule has 4 aromatic rings. The van der Waals surface area contributed by atoms with Crippen LogP contribution in [0.5, 0.6) is 0 Å². The molecule has 1 aliphatic heterocycles. The minimum absolute atomic E-state index is 0.122. The number of amides is 2. The number of aliphatic imine (C=N–C) groups is 1. The summed E-state index contributed by atoms with van der Waals surface area (Å²) in [6.45, 7) is 14.1. The molecule has 3 atom stereocenters. The van der Waals surface area contributed by atoms with Crippen LogP contribution in [0.1, 0.15) is 72.2 Å². The largest absolute Gasteiger partial charge is 0.434 e. The van der Waals surface area contributed by atoms with Crippen LogP contribution in [0.2, 0.25) is 0 Å². The topological polar surface area (TPSA) is 127 Å². The van der Waals surface area contributed by atoms with Gasteiger partial charge in [-0.15, -0.1) is 0 Å². The van der Waals surface area contributed by atoms with Crippen molar-refractivity contribution in [3.63, 3.8) is 0 Å². The number of alkyl halides is 3. The summed E-state index contributed by atoms with van der Waals surface area (Å²) in [5.41, 5.74) is 3.12. The highest BCUT2D eigenvalue weighted by atomic mass is 19.4. The number of piperidine rings is 1. The van der Waals surface area contributed by atoms with Crippen LogP contribution in [0.4, 0.5) is 24.8 Å². The van der Waals surface area contributed by atoms with Gasteiger partial charge in [0.05, 0.1) is 23.1 Å². The average molecular weight is 661 g/mol. The molecule has 1 saturated carbocycles. The van der Waals surface area contributed by atoms with Crippen molar-refractivity contribution in [2.75, 3.05) is 5.32 Å². The van der Waals surface area contributed by atoms with E-state index in [1.165, 1.54) is 13.8 Å². The molecule has 2 fully saturated rings. The summed E-state index contributed by atoms with van der Waals surface area (Å²) in [5, 5.41) is 7.63. The lowest BCUT2D eigenvalue weighted by atomic mass is 10.00. The fourth-order valence-electron chi connectivity index (χ4n) is 6.75. The van der Waals surface area contributed by atoms with E-state index in [1.807, 2.05) is 52.1 Å². The fourth-order valence-corrected chi connectivity index (χ4v) is 6.75. The van der Waals surface area contributed by atoms with E-state index >= 15 is 0 Å². The Kier molecular flexibility index (Phi) is 7.87. The summed E-state index contributed by atoms with van der Waals surface area (Å²) in [7, 11) is 0. The predicted octanol–water partition coefficient (Wildman–Crippen LogP) is 6.14. The van der Waals surface area contributed by atoms with Crippen molar-refractivity contribution >= 4 is 58.6 Å². The summed E-state index contributed by atoms with van der Waals surface area (Å²) < 4.78 is 43.2. The molecule has 3 aromatic heterocycles. The molecule has 6 rings (SSSR count). The molecule has 1 aliphatic carbocycles. The van der Waals surface area contributed by atoms with E-state index in [1.54, 1.807) is 20.3 Å². The standard InChI is InChI=1S/C34H35F3N8O3/c1-17-8-22(18(2)14-44-28(38-7)9-19(3)42-44)10-23-24(21(5)46)15-43(30(17)23)16-29(47)45-25(11-33(6)12-27(33)45)32(48)41-31-20(4)39-13-26(40-31)34(35,36)37/h8-10,13-15,25,27H,7,11-12,16H2,1-6H3,(H,40,41,48)/b18-14+/t25-,27?,33-/m0/s1. The fraction of sp³-hybridized carbons (Fsp3) is 0.382. The summed E-state index contributed by atoms with van der Waals surface area (Å²) in [6, 6.07) is 4.59. The van der Waals surface area contributed by atoms with Gasteiger partial charge in [0.1, 0.15) is 12.6 Å². The Morgan fingerprint density at radius 2 is 1.88 bits per heavy atom. The van der Waals surface area contributed by atoms with Gasteiger partial charge in [-0.05, 0) is 88.4 Å². The van der Waals surface area contributed by atoms with Crippen molar-refractivity contribution in [2.24, 2.45) is 10.4 Å². The Bertz CT molecular complexity index is 2060. The number of nitrogens with one attached hydrogen (secondary N) is 1. The number of carbonyl (C=O) groups excluding carboxylic acids is 3. The molecule has 4 heterocycles. The highest BCUT2D eigenvalue weighted by molar-refractivity contribution is 6.09. The third-order valence-corrected chi connectivity index (χ3v) is 9.33. The SMILES string of the molecule is C=Nc1cc(C)nn1/C=C(\C)c1cc(C)c2c(c1)c(C(C)=O)cn2CC(=O)N1C2C[C@]2(C)C[C@H]1C(=O)Nc1nc(C(F)(F)F)cnc1C. The number of allylic oxidation sites excluding steroid dienone is 1. The van der Waals surface area contributed by atoms with Gasteiger partial charge in [0.15, 0.2) is 23.1 Å². The van der Waals surface area contributed by atoms with Gasteiger partial charge in [-0.3, -0.25) is 19.4 Å². The van der Waals surface area contributed by atoms with E-state index < -0.39 is 23.8 Å². The van der Waals surface area contributed by atoms with Crippen LogP contribution in [0, 0.1) is 26.2 Å². The first-order chi connectivity index (χ1) is 22.5.